The SMILES string of the molecule is Cc1ccc(F)cc1-c1nc(C(C)(C)C)n(C)c1N. The summed E-state index contributed by atoms with van der Waals surface area (Å²) < 4.78 is 15.3. The lowest BCUT2D eigenvalue weighted by molar-refractivity contribution is 0.524. The van der Waals surface area contributed by atoms with Crippen molar-refractivity contribution < 1.29 is 4.39 Å². The van der Waals surface area contributed by atoms with Gasteiger partial charge in [0.15, 0.2) is 0 Å². The van der Waals surface area contributed by atoms with Crippen LogP contribution in [-0.2, 0) is 12.5 Å². The van der Waals surface area contributed by atoms with E-state index in [1.807, 2.05) is 18.5 Å². The Labute approximate surface area is 113 Å². The van der Waals surface area contributed by atoms with Crippen LogP contribution in [0.3, 0.4) is 0 Å². The molecule has 2 rings (SSSR count). The minimum atomic E-state index is -0.275. The number of anilines is 1. The van der Waals surface area contributed by atoms with Gasteiger partial charge in [0.25, 0.3) is 0 Å². The first-order chi connectivity index (χ1) is 8.71. The second-order valence-corrected chi connectivity index (χ2v) is 5.94. The molecule has 1 aromatic heterocycles. The lowest BCUT2D eigenvalue weighted by Crippen LogP contribution is -2.17. The summed E-state index contributed by atoms with van der Waals surface area (Å²) in [5, 5.41) is 0. The first-order valence-corrected chi connectivity index (χ1v) is 6.31. The van der Waals surface area contributed by atoms with Crippen LogP contribution < -0.4 is 5.73 Å². The Kier molecular flexibility index (Phi) is 3.12. The van der Waals surface area contributed by atoms with Gasteiger partial charge in [0.05, 0.1) is 0 Å². The van der Waals surface area contributed by atoms with Crippen LogP contribution >= 0.6 is 0 Å². The van der Waals surface area contributed by atoms with Gasteiger partial charge >= 0.3 is 0 Å². The summed E-state index contributed by atoms with van der Waals surface area (Å²) >= 11 is 0. The average Bonchev–Trinajstić information content (AvgIpc) is 2.59. The van der Waals surface area contributed by atoms with Crippen molar-refractivity contribution in [3.05, 3.63) is 35.4 Å². The summed E-state index contributed by atoms with van der Waals surface area (Å²) in [5.74, 6) is 1.19. The molecule has 0 saturated heterocycles. The number of nitrogens with two attached hydrogens (primary N) is 1. The van der Waals surface area contributed by atoms with E-state index < -0.39 is 0 Å². The van der Waals surface area contributed by atoms with E-state index in [-0.39, 0.29) is 11.2 Å². The van der Waals surface area contributed by atoms with E-state index >= 15 is 0 Å². The molecule has 0 spiro atoms. The zero-order valence-electron chi connectivity index (χ0n) is 12.1. The molecule has 1 heterocycles. The third kappa shape index (κ3) is 2.35. The fourth-order valence-corrected chi connectivity index (χ4v) is 2.23. The van der Waals surface area contributed by atoms with Gasteiger partial charge in [-0.2, -0.15) is 0 Å². The van der Waals surface area contributed by atoms with E-state index in [0.29, 0.717) is 11.5 Å². The molecule has 19 heavy (non-hydrogen) atoms. The summed E-state index contributed by atoms with van der Waals surface area (Å²) in [7, 11) is 1.89. The normalized spacial score (nSPS) is 11.9. The van der Waals surface area contributed by atoms with Gasteiger partial charge in [0.2, 0.25) is 0 Å². The molecule has 0 aliphatic carbocycles. The van der Waals surface area contributed by atoms with Crippen LogP contribution in [-0.4, -0.2) is 9.55 Å². The average molecular weight is 261 g/mol. The zero-order valence-corrected chi connectivity index (χ0v) is 12.1. The molecule has 0 aliphatic rings. The third-order valence-corrected chi connectivity index (χ3v) is 3.26. The molecule has 0 amide bonds. The predicted molar refractivity (Wildman–Crippen MR) is 76.5 cm³/mol. The minimum Gasteiger partial charge on any atom is -0.383 e. The maximum atomic E-state index is 13.4. The Morgan fingerprint density at radius 1 is 1.26 bits per heavy atom. The van der Waals surface area contributed by atoms with Crippen LogP contribution in [0.25, 0.3) is 11.3 Å². The van der Waals surface area contributed by atoms with Crippen molar-refractivity contribution in [2.45, 2.75) is 33.1 Å². The van der Waals surface area contributed by atoms with Crippen LogP contribution in [0.1, 0.15) is 32.2 Å². The van der Waals surface area contributed by atoms with Crippen LogP contribution in [0.15, 0.2) is 18.2 Å². The van der Waals surface area contributed by atoms with Crippen LogP contribution in [0.2, 0.25) is 0 Å². The Balaban J connectivity index is 2.67. The molecular formula is C15H20FN3. The van der Waals surface area contributed by atoms with E-state index in [0.717, 1.165) is 17.0 Å². The standard InChI is InChI=1S/C15H20FN3/c1-9-6-7-10(16)8-11(9)12-13(17)19(5)14(18-12)15(2,3)4/h6-8H,17H2,1-5H3. The molecule has 0 saturated carbocycles. The molecule has 0 bridgehead atoms. The van der Waals surface area contributed by atoms with E-state index in [9.17, 15) is 4.39 Å². The van der Waals surface area contributed by atoms with Crippen molar-refractivity contribution in [1.29, 1.82) is 0 Å². The topological polar surface area (TPSA) is 43.8 Å². The van der Waals surface area contributed by atoms with Gasteiger partial charge in [-0.1, -0.05) is 26.8 Å². The quantitative estimate of drug-likeness (QED) is 0.854. The number of halogens is 1. The van der Waals surface area contributed by atoms with Crippen molar-refractivity contribution in [2.24, 2.45) is 7.05 Å². The van der Waals surface area contributed by atoms with Crippen molar-refractivity contribution in [3.63, 3.8) is 0 Å². The molecule has 0 aliphatic heterocycles. The number of hydrogen-bond acceptors (Lipinski definition) is 2. The van der Waals surface area contributed by atoms with E-state index in [4.69, 9.17) is 5.73 Å². The van der Waals surface area contributed by atoms with Crippen molar-refractivity contribution in [1.82, 2.24) is 9.55 Å². The summed E-state index contributed by atoms with van der Waals surface area (Å²) in [6.45, 7) is 8.17. The summed E-state index contributed by atoms with van der Waals surface area (Å²) in [4.78, 5) is 4.62. The Morgan fingerprint density at radius 2 is 1.89 bits per heavy atom. The number of nitrogens with zero attached hydrogens (tertiary/aromatic N) is 2. The van der Waals surface area contributed by atoms with E-state index in [1.165, 1.54) is 12.1 Å². The highest BCUT2D eigenvalue weighted by atomic mass is 19.1. The van der Waals surface area contributed by atoms with Gasteiger partial charge in [-0.3, -0.25) is 0 Å². The number of aromatic nitrogens is 2. The Hall–Kier alpha value is -1.84. The molecule has 2 N–H and O–H groups in total. The molecule has 0 fully saturated rings. The zero-order chi connectivity index (χ0) is 14.4. The number of rotatable bonds is 1. The van der Waals surface area contributed by atoms with Gasteiger partial charge in [0, 0.05) is 18.0 Å². The smallest absolute Gasteiger partial charge is 0.131 e. The van der Waals surface area contributed by atoms with Crippen LogP contribution in [0.5, 0.6) is 0 Å². The maximum absolute atomic E-state index is 13.4. The minimum absolute atomic E-state index is 0.109. The van der Waals surface area contributed by atoms with Gasteiger partial charge < -0.3 is 10.3 Å². The Bertz CT molecular complexity index is 621. The van der Waals surface area contributed by atoms with Crippen LogP contribution in [0, 0.1) is 12.7 Å². The highest BCUT2D eigenvalue weighted by molar-refractivity contribution is 5.73. The van der Waals surface area contributed by atoms with Crippen molar-refractivity contribution in [2.75, 3.05) is 5.73 Å². The number of imidazole rings is 1. The molecule has 1 aromatic carbocycles. The number of nitrogen functional groups attached to an aromatic ring is 1. The number of aryl methyl sites for hydroxylation is 1. The molecule has 102 valence electrons. The predicted octanol–water partition coefficient (Wildman–Crippen LogP) is 3.41. The number of hydrogen-bond donors (Lipinski definition) is 1. The van der Waals surface area contributed by atoms with Gasteiger partial charge in [-0.25, -0.2) is 9.37 Å². The van der Waals surface area contributed by atoms with Crippen molar-refractivity contribution >= 4 is 5.82 Å². The lowest BCUT2D eigenvalue weighted by Gasteiger charge is -2.17. The summed E-state index contributed by atoms with van der Waals surface area (Å²) in [5.41, 5.74) is 8.40. The maximum Gasteiger partial charge on any atom is 0.131 e. The molecule has 2 aromatic rings. The Morgan fingerprint density at radius 3 is 2.42 bits per heavy atom. The fourth-order valence-electron chi connectivity index (χ4n) is 2.23. The molecule has 0 atom stereocenters. The monoisotopic (exact) mass is 261 g/mol. The van der Waals surface area contributed by atoms with E-state index in [1.54, 1.807) is 6.07 Å². The van der Waals surface area contributed by atoms with Crippen molar-refractivity contribution in [3.8, 4) is 11.3 Å². The fraction of sp³-hybridized carbons (Fsp3) is 0.400. The van der Waals surface area contributed by atoms with E-state index in [2.05, 4.69) is 25.8 Å². The molecular weight excluding hydrogens is 241 g/mol. The molecule has 4 heteroatoms. The number of benzene rings is 1. The highest BCUT2D eigenvalue weighted by Gasteiger charge is 2.24. The largest absolute Gasteiger partial charge is 0.383 e. The molecule has 3 nitrogen and oxygen atoms in total. The van der Waals surface area contributed by atoms with Gasteiger partial charge in [0.1, 0.15) is 23.2 Å². The van der Waals surface area contributed by atoms with Gasteiger partial charge in [-0.15, -0.1) is 0 Å². The first kappa shape index (κ1) is 13.6. The summed E-state index contributed by atoms with van der Waals surface area (Å²) in [6.07, 6.45) is 0. The second kappa shape index (κ2) is 4.37. The summed E-state index contributed by atoms with van der Waals surface area (Å²) in [6, 6.07) is 4.68. The molecule has 0 unspecified atom stereocenters. The molecule has 0 radical (unpaired) electrons. The lowest BCUT2D eigenvalue weighted by atomic mass is 9.96. The van der Waals surface area contributed by atoms with Crippen LogP contribution in [0.4, 0.5) is 10.2 Å². The second-order valence-electron chi connectivity index (χ2n) is 5.94. The highest BCUT2D eigenvalue weighted by Crippen LogP contribution is 2.32. The third-order valence-electron chi connectivity index (χ3n) is 3.26. The van der Waals surface area contributed by atoms with Gasteiger partial charge in [-0.05, 0) is 24.6 Å². The first-order valence-electron chi connectivity index (χ1n) is 6.31.